The number of hydrogen-bond donors (Lipinski definition) is 1. The Labute approximate surface area is 169 Å². The Kier molecular flexibility index (Phi) is 6.58. The summed E-state index contributed by atoms with van der Waals surface area (Å²) in [4.78, 5) is 28.5. The quantitative estimate of drug-likeness (QED) is 0.619. The van der Waals surface area contributed by atoms with E-state index >= 15 is 0 Å². The molecule has 0 bridgehead atoms. The number of ether oxygens (including phenoxy) is 2. The lowest BCUT2D eigenvalue weighted by Crippen LogP contribution is -2.26. The highest BCUT2D eigenvalue weighted by atomic mass is 16.5. The predicted molar refractivity (Wildman–Crippen MR) is 109 cm³/mol. The van der Waals surface area contributed by atoms with Crippen LogP contribution < -0.4 is 10.1 Å². The van der Waals surface area contributed by atoms with Crippen molar-refractivity contribution in [3.05, 3.63) is 95.3 Å². The molecule has 1 N–H and O–H groups in total. The summed E-state index contributed by atoms with van der Waals surface area (Å²) >= 11 is 0. The number of methoxy groups -OCH3 is 1. The second-order valence-electron chi connectivity index (χ2n) is 6.45. The Morgan fingerprint density at radius 1 is 1.00 bits per heavy atom. The smallest absolute Gasteiger partial charge is 0.337 e. The molecule has 2 aromatic carbocycles. The number of carbonyl (C=O) groups excluding carboxylic acids is 2. The molecule has 148 valence electrons. The zero-order valence-corrected chi connectivity index (χ0v) is 16.3. The Balaban J connectivity index is 1.65. The van der Waals surface area contributed by atoms with Gasteiger partial charge >= 0.3 is 5.97 Å². The summed E-state index contributed by atoms with van der Waals surface area (Å²) in [6, 6.07) is 19.4. The first-order valence-corrected chi connectivity index (χ1v) is 9.18. The number of rotatable bonds is 7. The first kappa shape index (κ1) is 20.1. The molecule has 1 amide bonds. The minimum atomic E-state index is -0.481. The third-order valence-electron chi connectivity index (χ3n) is 4.36. The van der Waals surface area contributed by atoms with Crippen LogP contribution >= 0.6 is 0 Å². The van der Waals surface area contributed by atoms with E-state index in [-0.39, 0.29) is 11.9 Å². The largest absolute Gasteiger partial charge is 0.487 e. The molecule has 0 fully saturated rings. The first-order valence-electron chi connectivity index (χ1n) is 9.18. The van der Waals surface area contributed by atoms with Crippen LogP contribution in [0.4, 0.5) is 0 Å². The highest BCUT2D eigenvalue weighted by Crippen LogP contribution is 2.20. The van der Waals surface area contributed by atoms with Crippen LogP contribution in [0, 0.1) is 0 Å². The molecule has 0 aliphatic heterocycles. The fraction of sp³-hybridized carbons (Fsp3) is 0.174. The molecule has 0 saturated heterocycles. The molecule has 0 radical (unpaired) electrons. The van der Waals surface area contributed by atoms with Crippen molar-refractivity contribution in [2.45, 2.75) is 19.6 Å². The normalized spacial score (nSPS) is 11.4. The van der Waals surface area contributed by atoms with E-state index in [0.717, 1.165) is 11.3 Å². The maximum absolute atomic E-state index is 12.6. The Morgan fingerprint density at radius 3 is 2.55 bits per heavy atom. The second kappa shape index (κ2) is 9.50. The summed E-state index contributed by atoms with van der Waals surface area (Å²) in [5.74, 6) is -0.0598. The van der Waals surface area contributed by atoms with Gasteiger partial charge in [-0.25, -0.2) is 4.79 Å². The van der Waals surface area contributed by atoms with E-state index < -0.39 is 5.97 Å². The minimum Gasteiger partial charge on any atom is -0.487 e. The fourth-order valence-electron chi connectivity index (χ4n) is 2.78. The highest BCUT2D eigenvalue weighted by molar-refractivity contribution is 5.98. The molecule has 1 aromatic heterocycles. The second-order valence-corrected chi connectivity index (χ2v) is 6.45. The molecule has 1 heterocycles. The molecule has 6 nitrogen and oxygen atoms in total. The van der Waals surface area contributed by atoms with E-state index in [0.29, 0.717) is 23.5 Å². The van der Waals surface area contributed by atoms with Crippen molar-refractivity contribution in [1.29, 1.82) is 0 Å². The van der Waals surface area contributed by atoms with Crippen molar-refractivity contribution in [2.75, 3.05) is 7.11 Å². The summed E-state index contributed by atoms with van der Waals surface area (Å²) in [6.07, 6.45) is 1.72. The number of nitrogens with one attached hydrogen (secondary N) is 1. The van der Waals surface area contributed by atoms with Gasteiger partial charge in [0.25, 0.3) is 5.91 Å². The van der Waals surface area contributed by atoms with Gasteiger partial charge in [0.15, 0.2) is 0 Å². The van der Waals surface area contributed by atoms with Gasteiger partial charge in [-0.05, 0) is 55.0 Å². The molecule has 0 saturated carbocycles. The molecule has 3 rings (SSSR count). The SMILES string of the molecule is COC(=O)c1cccc(C(=O)NC(C)c2cccc(OCc3ccccn3)c2)c1. The van der Waals surface area contributed by atoms with Gasteiger partial charge < -0.3 is 14.8 Å². The van der Waals surface area contributed by atoms with E-state index in [9.17, 15) is 9.59 Å². The molecule has 1 unspecified atom stereocenters. The molecular formula is C23H22N2O4. The number of pyridine rings is 1. The molecular weight excluding hydrogens is 368 g/mol. The average molecular weight is 390 g/mol. The highest BCUT2D eigenvalue weighted by Gasteiger charge is 2.14. The average Bonchev–Trinajstić information content (AvgIpc) is 2.78. The number of aromatic nitrogens is 1. The Hall–Kier alpha value is -3.67. The van der Waals surface area contributed by atoms with Crippen LogP contribution in [0.25, 0.3) is 0 Å². The Bertz CT molecular complexity index is 989. The molecule has 0 spiro atoms. The van der Waals surface area contributed by atoms with E-state index in [1.165, 1.54) is 13.2 Å². The van der Waals surface area contributed by atoms with Crippen molar-refractivity contribution < 1.29 is 19.1 Å². The van der Waals surface area contributed by atoms with Gasteiger partial charge in [-0.3, -0.25) is 9.78 Å². The van der Waals surface area contributed by atoms with Crippen molar-refractivity contribution in [3.63, 3.8) is 0 Å². The zero-order chi connectivity index (χ0) is 20.6. The van der Waals surface area contributed by atoms with Gasteiger partial charge in [-0.2, -0.15) is 0 Å². The molecule has 6 heteroatoms. The van der Waals surface area contributed by atoms with E-state index in [4.69, 9.17) is 9.47 Å². The van der Waals surface area contributed by atoms with Gasteiger partial charge in [0.1, 0.15) is 12.4 Å². The lowest BCUT2D eigenvalue weighted by Gasteiger charge is -2.16. The third kappa shape index (κ3) is 5.42. The number of carbonyl (C=O) groups is 2. The lowest BCUT2D eigenvalue weighted by molar-refractivity contribution is 0.0600. The molecule has 0 aliphatic carbocycles. The third-order valence-corrected chi connectivity index (χ3v) is 4.36. The number of nitrogens with zero attached hydrogens (tertiary/aromatic N) is 1. The summed E-state index contributed by atoms with van der Waals surface area (Å²) in [7, 11) is 1.31. The van der Waals surface area contributed by atoms with Gasteiger partial charge in [0.2, 0.25) is 0 Å². The minimum absolute atomic E-state index is 0.248. The van der Waals surface area contributed by atoms with Crippen LogP contribution in [0.2, 0.25) is 0 Å². The molecule has 29 heavy (non-hydrogen) atoms. The van der Waals surface area contributed by atoms with Crippen LogP contribution in [0.3, 0.4) is 0 Å². The van der Waals surface area contributed by atoms with Crippen molar-refractivity contribution >= 4 is 11.9 Å². The fourth-order valence-corrected chi connectivity index (χ4v) is 2.78. The first-order chi connectivity index (χ1) is 14.1. The number of benzene rings is 2. The lowest BCUT2D eigenvalue weighted by atomic mass is 10.1. The molecule has 0 aliphatic rings. The van der Waals surface area contributed by atoms with Crippen LogP contribution in [0.15, 0.2) is 72.9 Å². The number of esters is 1. The van der Waals surface area contributed by atoms with Gasteiger partial charge in [0, 0.05) is 11.8 Å². The monoisotopic (exact) mass is 390 g/mol. The van der Waals surface area contributed by atoms with E-state index in [1.807, 2.05) is 49.4 Å². The Morgan fingerprint density at radius 2 is 1.79 bits per heavy atom. The topological polar surface area (TPSA) is 77.5 Å². The van der Waals surface area contributed by atoms with Gasteiger partial charge in [0.05, 0.1) is 24.4 Å². The predicted octanol–water partition coefficient (Wildman–Crippen LogP) is 3.94. The van der Waals surface area contributed by atoms with Crippen LogP contribution in [0.1, 0.15) is 44.9 Å². The summed E-state index contributed by atoms with van der Waals surface area (Å²) in [6.45, 7) is 2.26. The summed E-state index contributed by atoms with van der Waals surface area (Å²) < 4.78 is 10.5. The summed E-state index contributed by atoms with van der Waals surface area (Å²) in [5, 5.41) is 2.94. The standard InChI is InChI=1S/C23H22N2O4/c1-16(25-22(26)18-8-5-9-19(13-18)23(27)28-2)17-7-6-11-21(14-17)29-15-20-10-3-4-12-24-20/h3-14,16H,15H2,1-2H3,(H,25,26). The van der Waals surface area contributed by atoms with Crippen molar-refractivity contribution in [2.24, 2.45) is 0 Å². The maximum Gasteiger partial charge on any atom is 0.337 e. The molecule has 1 atom stereocenters. The summed E-state index contributed by atoms with van der Waals surface area (Å²) in [5.41, 5.74) is 2.46. The number of hydrogen-bond acceptors (Lipinski definition) is 5. The van der Waals surface area contributed by atoms with E-state index in [2.05, 4.69) is 10.3 Å². The van der Waals surface area contributed by atoms with E-state index in [1.54, 1.807) is 24.4 Å². The zero-order valence-electron chi connectivity index (χ0n) is 16.3. The maximum atomic E-state index is 12.6. The van der Waals surface area contributed by atoms with Crippen LogP contribution in [0.5, 0.6) is 5.75 Å². The van der Waals surface area contributed by atoms with Crippen molar-refractivity contribution in [3.8, 4) is 5.75 Å². The number of amides is 1. The van der Waals surface area contributed by atoms with Crippen LogP contribution in [-0.2, 0) is 11.3 Å². The van der Waals surface area contributed by atoms with Crippen molar-refractivity contribution in [1.82, 2.24) is 10.3 Å². The van der Waals surface area contributed by atoms with Crippen LogP contribution in [-0.4, -0.2) is 24.0 Å². The van der Waals surface area contributed by atoms with Gasteiger partial charge in [-0.15, -0.1) is 0 Å². The van der Waals surface area contributed by atoms with Gasteiger partial charge in [-0.1, -0.05) is 24.3 Å². The molecule has 3 aromatic rings.